The molecule has 1 amide bonds. The van der Waals surface area contributed by atoms with Crippen LogP contribution in [0.2, 0.25) is 0 Å². The fourth-order valence-corrected chi connectivity index (χ4v) is 2.28. The van der Waals surface area contributed by atoms with Gasteiger partial charge in [-0.3, -0.25) is 9.69 Å². The number of cyclic esters (lactones) is 1. The summed E-state index contributed by atoms with van der Waals surface area (Å²) in [5.41, 5.74) is 0.569. The molecule has 4 nitrogen and oxygen atoms in total. The predicted octanol–water partition coefficient (Wildman–Crippen LogP) is 2.96. The van der Waals surface area contributed by atoms with Crippen molar-refractivity contribution in [2.75, 3.05) is 0 Å². The first kappa shape index (κ1) is 14.3. The number of carbonyl (C=O) groups excluding carboxylic acids is 2. The largest absolute Gasteiger partial charge is 0.428 e. The van der Waals surface area contributed by atoms with Gasteiger partial charge in [0.15, 0.2) is 0 Å². The number of ether oxygens (including phenoxy) is 1. The highest BCUT2D eigenvalue weighted by Gasteiger charge is 2.37. The lowest BCUT2D eigenvalue weighted by atomic mass is 9.96. The molecule has 106 valence electrons. The Hall–Kier alpha value is -2.10. The third kappa shape index (κ3) is 2.74. The number of benzene rings is 1. The van der Waals surface area contributed by atoms with E-state index in [-0.39, 0.29) is 17.8 Å². The lowest BCUT2D eigenvalue weighted by Crippen LogP contribution is -2.49. The maximum atomic E-state index is 12.6. The summed E-state index contributed by atoms with van der Waals surface area (Å²) in [6.45, 7) is 5.62. The van der Waals surface area contributed by atoms with E-state index in [4.69, 9.17) is 4.74 Å². The number of hydrogen-bond acceptors (Lipinski definition) is 3. The molecule has 0 saturated heterocycles. The topological polar surface area (TPSA) is 46.6 Å². The fraction of sp³-hybridized carbons (Fsp3) is 0.375. The van der Waals surface area contributed by atoms with E-state index in [9.17, 15) is 9.59 Å². The van der Waals surface area contributed by atoms with Crippen LogP contribution in [0.5, 0.6) is 0 Å². The molecule has 0 spiro atoms. The van der Waals surface area contributed by atoms with Crippen LogP contribution in [0.25, 0.3) is 0 Å². The van der Waals surface area contributed by atoms with E-state index >= 15 is 0 Å². The summed E-state index contributed by atoms with van der Waals surface area (Å²) in [5.74, 6) is -0.0473. The van der Waals surface area contributed by atoms with Gasteiger partial charge in [0.2, 0.25) is 0 Å². The van der Waals surface area contributed by atoms with E-state index in [1.165, 1.54) is 4.90 Å². The summed E-state index contributed by atoms with van der Waals surface area (Å²) in [5, 5.41) is 0. The van der Waals surface area contributed by atoms with Gasteiger partial charge in [0.05, 0.1) is 0 Å². The smallest absolute Gasteiger partial charge is 0.334 e. The molecule has 1 heterocycles. The molecular formula is C16H19NO3. The summed E-state index contributed by atoms with van der Waals surface area (Å²) < 4.78 is 5.17. The Morgan fingerprint density at radius 2 is 2.00 bits per heavy atom. The Morgan fingerprint density at radius 3 is 2.60 bits per heavy atom. The zero-order valence-corrected chi connectivity index (χ0v) is 12.0. The maximum absolute atomic E-state index is 12.6. The molecule has 1 aromatic rings. The second-order valence-electron chi connectivity index (χ2n) is 5.07. The molecule has 1 aliphatic rings. The van der Waals surface area contributed by atoms with Crippen molar-refractivity contribution in [3.05, 3.63) is 47.9 Å². The first-order chi connectivity index (χ1) is 9.54. The van der Waals surface area contributed by atoms with Crippen LogP contribution in [0.4, 0.5) is 0 Å². The maximum Gasteiger partial charge on any atom is 0.334 e. The third-order valence-corrected chi connectivity index (χ3v) is 3.56. The van der Waals surface area contributed by atoms with Crippen LogP contribution in [0.15, 0.2) is 42.3 Å². The minimum atomic E-state index is -0.559. The van der Waals surface area contributed by atoms with Gasteiger partial charge in [-0.2, -0.15) is 0 Å². The summed E-state index contributed by atoms with van der Waals surface area (Å²) in [6, 6.07) is 8.41. The normalized spacial score (nSPS) is 20.1. The van der Waals surface area contributed by atoms with Crippen LogP contribution in [-0.2, 0) is 9.53 Å². The molecule has 1 aliphatic heterocycles. The summed E-state index contributed by atoms with van der Waals surface area (Å²) in [4.78, 5) is 26.2. The first-order valence-corrected chi connectivity index (χ1v) is 6.82. The van der Waals surface area contributed by atoms with E-state index in [2.05, 4.69) is 0 Å². The van der Waals surface area contributed by atoms with Crippen LogP contribution < -0.4 is 0 Å². The monoisotopic (exact) mass is 273 g/mol. The van der Waals surface area contributed by atoms with Gasteiger partial charge in [-0.1, -0.05) is 38.5 Å². The molecular weight excluding hydrogens is 254 g/mol. The van der Waals surface area contributed by atoms with Crippen LogP contribution in [-0.4, -0.2) is 22.8 Å². The Kier molecular flexibility index (Phi) is 4.23. The van der Waals surface area contributed by atoms with Crippen molar-refractivity contribution in [1.29, 1.82) is 0 Å². The van der Waals surface area contributed by atoms with Crippen LogP contribution in [0.1, 0.15) is 37.6 Å². The Bertz CT molecular complexity index is 536. The number of hydrogen-bond donors (Lipinski definition) is 0. The molecule has 4 heteroatoms. The number of nitrogens with zero attached hydrogens (tertiary/aromatic N) is 1. The van der Waals surface area contributed by atoms with Crippen molar-refractivity contribution in [3.63, 3.8) is 0 Å². The fourth-order valence-electron chi connectivity index (χ4n) is 2.28. The molecule has 2 rings (SSSR count). The minimum Gasteiger partial charge on any atom is -0.428 e. The van der Waals surface area contributed by atoms with Gasteiger partial charge in [-0.25, -0.2) is 4.79 Å². The zero-order chi connectivity index (χ0) is 14.7. The molecule has 0 radical (unpaired) electrons. The Labute approximate surface area is 119 Å². The molecule has 0 aromatic heterocycles. The van der Waals surface area contributed by atoms with Gasteiger partial charge in [-0.15, -0.1) is 0 Å². The molecule has 0 aliphatic carbocycles. The number of carbonyl (C=O) groups is 2. The highest BCUT2D eigenvalue weighted by Crippen LogP contribution is 2.24. The lowest BCUT2D eigenvalue weighted by molar-refractivity contribution is -0.148. The van der Waals surface area contributed by atoms with Crippen LogP contribution >= 0.6 is 0 Å². The van der Waals surface area contributed by atoms with Crippen LogP contribution in [0.3, 0.4) is 0 Å². The van der Waals surface area contributed by atoms with E-state index in [1.54, 1.807) is 25.3 Å². The van der Waals surface area contributed by atoms with Gasteiger partial charge >= 0.3 is 5.97 Å². The number of esters is 1. The Balaban J connectivity index is 2.37. The average Bonchev–Trinajstić information content (AvgIpc) is 2.46. The molecule has 0 saturated carbocycles. The van der Waals surface area contributed by atoms with E-state index < -0.39 is 6.04 Å². The van der Waals surface area contributed by atoms with E-state index in [0.717, 1.165) is 6.42 Å². The third-order valence-electron chi connectivity index (χ3n) is 3.56. The van der Waals surface area contributed by atoms with Gasteiger partial charge in [0, 0.05) is 11.8 Å². The summed E-state index contributed by atoms with van der Waals surface area (Å²) in [7, 11) is 0. The minimum absolute atomic E-state index is 0.0412. The lowest BCUT2D eigenvalue weighted by Gasteiger charge is -2.34. The molecule has 0 fully saturated rings. The number of amides is 1. The standard InChI is InChI=1S/C16H19NO3/c1-4-11(2)14-16(19)20-12(3)10-17(14)15(18)13-8-6-5-7-9-13/h5-11,14H,4H2,1-3H3. The highest BCUT2D eigenvalue weighted by atomic mass is 16.5. The van der Waals surface area contributed by atoms with Crippen molar-refractivity contribution >= 4 is 11.9 Å². The highest BCUT2D eigenvalue weighted by molar-refractivity contribution is 5.98. The molecule has 1 aromatic carbocycles. The van der Waals surface area contributed by atoms with Gasteiger partial charge < -0.3 is 4.74 Å². The van der Waals surface area contributed by atoms with Crippen molar-refractivity contribution in [1.82, 2.24) is 4.90 Å². The SMILES string of the molecule is CCC(C)C1C(=O)OC(C)=CN1C(=O)c1ccccc1. The molecule has 0 N–H and O–H groups in total. The number of allylic oxidation sites excluding steroid dienone is 1. The molecule has 0 bridgehead atoms. The van der Waals surface area contributed by atoms with E-state index in [0.29, 0.717) is 11.3 Å². The van der Waals surface area contributed by atoms with Gasteiger partial charge in [0.25, 0.3) is 5.91 Å². The van der Waals surface area contributed by atoms with Crippen LogP contribution in [0, 0.1) is 5.92 Å². The predicted molar refractivity (Wildman–Crippen MR) is 75.7 cm³/mol. The summed E-state index contributed by atoms with van der Waals surface area (Å²) in [6.07, 6.45) is 2.42. The van der Waals surface area contributed by atoms with Crippen molar-refractivity contribution in [2.45, 2.75) is 33.2 Å². The van der Waals surface area contributed by atoms with Crippen molar-refractivity contribution in [3.8, 4) is 0 Å². The van der Waals surface area contributed by atoms with E-state index in [1.807, 2.05) is 32.0 Å². The number of rotatable bonds is 3. The Morgan fingerprint density at radius 1 is 1.35 bits per heavy atom. The second kappa shape index (κ2) is 5.90. The zero-order valence-electron chi connectivity index (χ0n) is 12.0. The quantitative estimate of drug-likeness (QED) is 0.795. The molecule has 20 heavy (non-hydrogen) atoms. The van der Waals surface area contributed by atoms with Crippen molar-refractivity contribution in [2.24, 2.45) is 5.92 Å². The van der Waals surface area contributed by atoms with Gasteiger partial charge in [-0.05, 0) is 25.0 Å². The molecule has 2 unspecified atom stereocenters. The molecule has 2 atom stereocenters. The van der Waals surface area contributed by atoms with Crippen molar-refractivity contribution < 1.29 is 14.3 Å². The average molecular weight is 273 g/mol. The first-order valence-electron chi connectivity index (χ1n) is 6.82. The summed E-state index contributed by atoms with van der Waals surface area (Å²) >= 11 is 0. The second-order valence-corrected chi connectivity index (χ2v) is 5.07. The van der Waals surface area contributed by atoms with Gasteiger partial charge in [0.1, 0.15) is 11.8 Å².